The monoisotopic (exact) mass is 552 g/mol. The van der Waals surface area contributed by atoms with Crippen LogP contribution in [0.25, 0.3) is 21.3 Å². The Balaban J connectivity index is 1.01. The molecular formula is C34H24N4O2S. The van der Waals surface area contributed by atoms with Crippen LogP contribution in [0.15, 0.2) is 115 Å². The molecule has 0 bridgehead atoms. The number of benzene rings is 5. The zero-order valence-corrected chi connectivity index (χ0v) is 22.7. The number of carbonyl (C=O) groups is 2. The molecule has 1 amide bonds. The van der Waals surface area contributed by atoms with Gasteiger partial charge >= 0.3 is 0 Å². The van der Waals surface area contributed by atoms with E-state index in [1.807, 2.05) is 91.0 Å². The van der Waals surface area contributed by atoms with E-state index in [2.05, 4.69) is 32.5 Å². The smallest absolute Gasteiger partial charge is 0.255 e. The van der Waals surface area contributed by atoms with Crippen LogP contribution in [0, 0.1) is 0 Å². The van der Waals surface area contributed by atoms with Crippen molar-refractivity contribution >= 4 is 56.1 Å². The highest BCUT2D eigenvalue weighted by atomic mass is 32.1. The van der Waals surface area contributed by atoms with Crippen LogP contribution in [0.3, 0.4) is 0 Å². The second-order valence-corrected chi connectivity index (χ2v) is 10.6. The molecule has 5 aromatic carbocycles. The van der Waals surface area contributed by atoms with Crippen LogP contribution in [-0.4, -0.2) is 16.1 Å². The highest BCUT2D eigenvalue weighted by Gasteiger charge is 2.29. The van der Waals surface area contributed by atoms with Gasteiger partial charge in [-0.1, -0.05) is 54.6 Å². The van der Waals surface area contributed by atoms with Gasteiger partial charge in [0.1, 0.15) is 0 Å². The molecule has 6 nitrogen and oxygen atoms in total. The lowest BCUT2D eigenvalue weighted by Gasteiger charge is -2.19. The fraction of sp³-hybridized carbons (Fsp3) is 0.0294. The number of rotatable bonds is 7. The number of hydrogen-bond acceptors (Lipinski definition) is 6. The number of nitrogens with one attached hydrogen (secondary N) is 3. The maximum absolute atomic E-state index is 13.5. The van der Waals surface area contributed by atoms with Crippen molar-refractivity contribution in [2.45, 2.75) is 6.54 Å². The summed E-state index contributed by atoms with van der Waals surface area (Å²) in [5.41, 5.74) is 8.29. The number of aromatic nitrogens is 1. The Morgan fingerprint density at radius 2 is 1.39 bits per heavy atom. The van der Waals surface area contributed by atoms with Crippen molar-refractivity contribution in [1.29, 1.82) is 0 Å². The summed E-state index contributed by atoms with van der Waals surface area (Å²) in [6, 6.07) is 36.6. The summed E-state index contributed by atoms with van der Waals surface area (Å²) in [4.78, 5) is 25.9. The first-order valence-corrected chi connectivity index (χ1v) is 14.0. The molecule has 1 heterocycles. The van der Waals surface area contributed by atoms with Crippen LogP contribution in [0.1, 0.15) is 31.8 Å². The molecule has 0 saturated carbocycles. The van der Waals surface area contributed by atoms with E-state index in [1.165, 1.54) is 11.5 Å². The molecule has 198 valence electrons. The van der Waals surface area contributed by atoms with E-state index in [0.29, 0.717) is 17.7 Å². The summed E-state index contributed by atoms with van der Waals surface area (Å²) in [5.74, 6) is -0.104. The third-order valence-corrected chi connectivity index (χ3v) is 8.00. The zero-order chi connectivity index (χ0) is 27.8. The number of nitrogens with zero attached hydrogens (tertiary/aromatic N) is 1. The Hall–Kier alpha value is -5.27. The molecule has 0 radical (unpaired) electrons. The van der Waals surface area contributed by atoms with E-state index in [1.54, 1.807) is 12.1 Å². The fourth-order valence-corrected chi connectivity index (χ4v) is 5.96. The van der Waals surface area contributed by atoms with E-state index in [0.717, 1.165) is 55.2 Å². The van der Waals surface area contributed by atoms with Gasteiger partial charge in [0.25, 0.3) is 5.91 Å². The van der Waals surface area contributed by atoms with Gasteiger partial charge in [-0.25, -0.2) is 0 Å². The molecular weight excluding hydrogens is 528 g/mol. The standard InChI is InChI=1S/C34H24N4O2S/c39-33-27-9-5-11-29-31(27)32(38-41-29)26-8-4-10-28(30(26)33)35-20-21-12-14-23(15-13-21)36-24-16-18-25(19-17-24)37-34(40)22-6-2-1-3-7-22/h1-19,35-36H,20H2,(H,37,40). The van der Waals surface area contributed by atoms with Gasteiger partial charge in [-0.3, -0.25) is 9.59 Å². The summed E-state index contributed by atoms with van der Waals surface area (Å²) >= 11 is 1.43. The van der Waals surface area contributed by atoms with Gasteiger partial charge in [-0.2, -0.15) is 4.37 Å². The number of hydrogen-bond donors (Lipinski definition) is 3. The zero-order valence-electron chi connectivity index (χ0n) is 21.8. The Kier molecular flexibility index (Phi) is 6.26. The average Bonchev–Trinajstić information content (AvgIpc) is 3.46. The lowest BCUT2D eigenvalue weighted by atomic mass is 9.86. The molecule has 7 heteroatoms. The van der Waals surface area contributed by atoms with Gasteiger partial charge in [0.05, 0.1) is 16.0 Å². The van der Waals surface area contributed by atoms with E-state index in [4.69, 9.17) is 0 Å². The Morgan fingerprint density at radius 3 is 2.17 bits per heavy atom. The topological polar surface area (TPSA) is 83.1 Å². The van der Waals surface area contributed by atoms with Gasteiger partial charge in [-0.05, 0) is 77.8 Å². The quantitative estimate of drug-likeness (QED) is 0.186. The molecule has 0 unspecified atom stereocenters. The Morgan fingerprint density at radius 1 is 0.707 bits per heavy atom. The molecule has 0 spiro atoms. The minimum Gasteiger partial charge on any atom is -0.380 e. The normalized spacial score (nSPS) is 11.7. The number of anilines is 4. The van der Waals surface area contributed by atoms with Gasteiger partial charge in [0, 0.05) is 51.4 Å². The van der Waals surface area contributed by atoms with Crippen molar-refractivity contribution < 1.29 is 9.59 Å². The molecule has 6 aromatic rings. The maximum Gasteiger partial charge on any atom is 0.255 e. The van der Waals surface area contributed by atoms with Gasteiger partial charge in [-0.15, -0.1) is 0 Å². The van der Waals surface area contributed by atoms with Crippen molar-refractivity contribution in [3.63, 3.8) is 0 Å². The number of carbonyl (C=O) groups excluding carboxylic acids is 2. The lowest BCUT2D eigenvalue weighted by molar-refractivity contribution is 0.102. The SMILES string of the molecule is O=C(Nc1ccc(Nc2ccc(CNc3cccc4c3C(=O)c3cccc5snc-4c35)cc2)cc1)c1ccccc1. The minimum absolute atomic E-state index is 0.0339. The number of fused-ring (bicyclic) bond motifs is 2. The fourth-order valence-electron chi connectivity index (χ4n) is 5.14. The molecule has 0 saturated heterocycles. The Bertz CT molecular complexity index is 1910. The first kappa shape index (κ1) is 24.7. The molecule has 0 aliphatic heterocycles. The maximum atomic E-state index is 13.5. The van der Waals surface area contributed by atoms with Crippen LogP contribution < -0.4 is 16.0 Å². The van der Waals surface area contributed by atoms with E-state index >= 15 is 0 Å². The molecule has 0 atom stereocenters. The molecule has 3 N–H and O–H groups in total. The van der Waals surface area contributed by atoms with Crippen LogP contribution in [0.5, 0.6) is 0 Å². The second kappa shape index (κ2) is 10.4. The number of amides is 1. The molecule has 7 rings (SSSR count). The van der Waals surface area contributed by atoms with Crippen LogP contribution in [0.4, 0.5) is 22.7 Å². The lowest BCUT2D eigenvalue weighted by Crippen LogP contribution is -2.13. The molecule has 1 aromatic heterocycles. The first-order chi connectivity index (χ1) is 20.1. The third kappa shape index (κ3) is 4.73. The largest absolute Gasteiger partial charge is 0.380 e. The minimum atomic E-state index is -0.138. The Labute approximate surface area is 240 Å². The van der Waals surface area contributed by atoms with Crippen molar-refractivity contribution in [3.05, 3.63) is 138 Å². The average molecular weight is 553 g/mol. The van der Waals surface area contributed by atoms with Gasteiger partial charge < -0.3 is 16.0 Å². The van der Waals surface area contributed by atoms with Crippen molar-refractivity contribution in [1.82, 2.24) is 4.37 Å². The molecule has 1 aliphatic rings. The molecule has 0 fully saturated rings. The molecule has 41 heavy (non-hydrogen) atoms. The first-order valence-electron chi connectivity index (χ1n) is 13.3. The third-order valence-electron chi connectivity index (χ3n) is 7.19. The summed E-state index contributed by atoms with van der Waals surface area (Å²) in [6.07, 6.45) is 0. The van der Waals surface area contributed by atoms with Crippen molar-refractivity contribution in [2.24, 2.45) is 0 Å². The van der Waals surface area contributed by atoms with Gasteiger partial charge in [0.2, 0.25) is 0 Å². The van der Waals surface area contributed by atoms with Crippen LogP contribution in [0.2, 0.25) is 0 Å². The predicted molar refractivity (Wildman–Crippen MR) is 166 cm³/mol. The summed E-state index contributed by atoms with van der Waals surface area (Å²) in [6.45, 7) is 0.577. The van der Waals surface area contributed by atoms with Gasteiger partial charge in [0.15, 0.2) is 5.78 Å². The highest BCUT2D eigenvalue weighted by Crippen LogP contribution is 2.42. The summed E-state index contributed by atoms with van der Waals surface area (Å²) < 4.78 is 5.71. The number of ketones is 1. The second-order valence-electron chi connectivity index (χ2n) is 9.84. The summed E-state index contributed by atoms with van der Waals surface area (Å²) in [7, 11) is 0. The molecule has 1 aliphatic carbocycles. The highest BCUT2D eigenvalue weighted by molar-refractivity contribution is 7.13. The van der Waals surface area contributed by atoms with Crippen LogP contribution >= 0.6 is 11.5 Å². The van der Waals surface area contributed by atoms with Crippen molar-refractivity contribution in [3.8, 4) is 11.3 Å². The van der Waals surface area contributed by atoms with E-state index in [-0.39, 0.29) is 11.7 Å². The van der Waals surface area contributed by atoms with E-state index < -0.39 is 0 Å². The van der Waals surface area contributed by atoms with E-state index in [9.17, 15) is 9.59 Å². The summed E-state index contributed by atoms with van der Waals surface area (Å²) in [5, 5.41) is 10.8. The van der Waals surface area contributed by atoms with Crippen LogP contribution in [-0.2, 0) is 6.54 Å². The predicted octanol–water partition coefficient (Wildman–Crippen LogP) is 8.12. The van der Waals surface area contributed by atoms with Crippen molar-refractivity contribution in [2.75, 3.05) is 16.0 Å².